The molecular weight excluding hydrogens is 243 g/mol. The van der Waals surface area contributed by atoms with Gasteiger partial charge in [-0.3, -0.25) is 0 Å². The van der Waals surface area contributed by atoms with Crippen LogP contribution in [0.3, 0.4) is 0 Å². The van der Waals surface area contributed by atoms with Crippen molar-refractivity contribution < 1.29 is 9.13 Å². The number of benzene rings is 1. The lowest BCUT2D eigenvalue weighted by molar-refractivity contribution is 0.0973. The van der Waals surface area contributed by atoms with Gasteiger partial charge in [-0.15, -0.1) is 0 Å². The van der Waals surface area contributed by atoms with Gasteiger partial charge in [0.15, 0.2) is 0 Å². The highest BCUT2D eigenvalue weighted by molar-refractivity contribution is 6.30. The van der Waals surface area contributed by atoms with Gasteiger partial charge in [-0.1, -0.05) is 11.6 Å². The molecule has 3 N–H and O–H groups in total. The van der Waals surface area contributed by atoms with Gasteiger partial charge < -0.3 is 15.8 Å². The summed E-state index contributed by atoms with van der Waals surface area (Å²) < 4.78 is 18.7. The number of anilines is 1. The Hall–Kier alpha value is -0.840. The number of ether oxygens (including phenoxy) is 1. The van der Waals surface area contributed by atoms with Crippen LogP contribution in [-0.2, 0) is 4.74 Å². The van der Waals surface area contributed by atoms with E-state index in [9.17, 15) is 4.39 Å². The molecule has 94 valence electrons. The molecule has 0 amide bonds. The van der Waals surface area contributed by atoms with Crippen molar-refractivity contribution in [3.8, 4) is 0 Å². The highest BCUT2D eigenvalue weighted by atomic mass is 35.5. The third kappa shape index (κ3) is 3.31. The Morgan fingerprint density at radius 2 is 2.35 bits per heavy atom. The van der Waals surface area contributed by atoms with E-state index in [1.165, 1.54) is 12.1 Å². The SMILES string of the molecule is NCC(Nc1cc(F)cc(Cl)c1)C1CCCO1. The fourth-order valence-electron chi connectivity index (χ4n) is 2.07. The van der Waals surface area contributed by atoms with Crippen LogP contribution in [0.4, 0.5) is 10.1 Å². The van der Waals surface area contributed by atoms with Gasteiger partial charge in [-0.2, -0.15) is 0 Å². The van der Waals surface area contributed by atoms with Crippen LogP contribution in [0, 0.1) is 5.82 Å². The minimum Gasteiger partial charge on any atom is -0.378 e. The first-order valence-electron chi connectivity index (χ1n) is 5.73. The minimum atomic E-state index is -0.358. The van der Waals surface area contributed by atoms with Crippen LogP contribution in [0.2, 0.25) is 5.02 Å². The molecule has 2 unspecified atom stereocenters. The normalized spacial score (nSPS) is 21.5. The minimum absolute atomic E-state index is 0.00429. The van der Waals surface area contributed by atoms with Crippen molar-refractivity contribution in [3.05, 3.63) is 29.0 Å². The van der Waals surface area contributed by atoms with Gasteiger partial charge in [0.25, 0.3) is 0 Å². The Morgan fingerprint density at radius 3 is 2.94 bits per heavy atom. The Balaban J connectivity index is 2.06. The molecule has 17 heavy (non-hydrogen) atoms. The van der Waals surface area contributed by atoms with E-state index in [-0.39, 0.29) is 18.0 Å². The van der Waals surface area contributed by atoms with Crippen molar-refractivity contribution in [3.63, 3.8) is 0 Å². The van der Waals surface area contributed by atoms with Gasteiger partial charge in [0.05, 0.1) is 12.1 Å². The van der Waals surface area contributed by atoms with Crippen molar-refractivity contribution >= 4 is 17.3 Å². The molecule has 2 atom stereocenters. The number of hydrogen-bond acceptors (Lipinski definition) is 3. The average molecular weight is 259 g/mol. The van der Waals surface area contributed by atoms with E-state index in [0.29, 0.717) is 17.3 Å². The third-order valence-electron chi connectivity index (χ3n) is 2.88. The molecule has 1 aromatic carbocycles. The van der Waals surface area contributed by atoms with Crippen LogP contribution in [0.5, 0.6) is 0 Å². The molecule has 0 radical (unpaired) electrons. The summed E-state index contributed by atoms with van der Waals surface area (Å²) in [6.07, 6.45) is 2.13. The van der Waals surface area contributed by atoms with Crippen LogP contribution in [0.15, 0.2) is 18.2 Å². The second-order valence-electron chi connectivity index (χ2n) is 4.20. The summed E-state index contributed by atoms with van der Waals surface area (Å²) in [7, 11) is 0. The van der Waals surface area contributed by atoms with E-state index in [4.69, 9.17) is 22.1 Å². The van der Waals surface area contributed by atoms with E-state index in [1.807, 2.05) is 0 Å². The zero-order chi connectivity index (χ0) is 12.3. The average Bonchev–Trinajstić information content (AvgIpc) is 2.77. The molecule has 1 aliphatic rings. The van der Waals surface area contributed by atoms with E-state index in [1.54, 1.807) is 6.07 Å². The highest BCUT2D eigenvalue weighted by Crippen LogP contribution is 2.22. The van der Waals surface area contributed by atoms with Crippen molar-refractivity contribution in [2.24, 2.45) is 5.73 Å². The third-order valence-corrected chi connectivity index (χ3v) is 3.10. The van der Waals surface area contributed by atoms with E-state index >= 15 is 0 Å². The van der Waals surface area contributed by atoms with Crippen LogP contribution >= 0.6 is 11.6 Å². The molecule has 0 bridgehead atoms. The Labute approximate surface area is 105 Å². The Bertz CT molecular complexity index is 363. The summed E-state index contributed by atoms with van der Waals surface area (Å²) >= 11 is 5.79. The first kappa shape index (κ1) is 12.6. The van der Waals surface area contributed by atoms with Crippen molar-refractivity contribution in [2.75, 3.05) is 18.5 Å². The van der Waals surface area contributed by atoms with Gasteiger partial charge in [0.1, 0.15) is 5.82 Å². The molecule has 1 aliphatic heterocycles. The number of halogens is 2. The molecule has 5 heteroatoms. The summed E-state index contributed by atoms with van der Waals surface area (Å²) in [6, 6.07) is 4.36. The molecule has 1 fully saturated rings. The van der Waals surface area contributed by atoms with Gasteiger partial charge in [0, 0.05) is 23.9 Å². The number of nitrogens with one attached hydrogen (secondary N) is 1. The number of rotatable bonds is 4. The first-order valence-corrected chi connectivity index (χ1v) is 6.11. The monoisotopic (exact) mass is 258 g/mol. The molecule has 1 heterocycles. The fourth-order valence-corrected chi connectivity index (χ4v) is 2.30. The van der Waals surface area contributed by atoms with Crippen molar-refractivity contribution in [1.82, 2.24) is 0 Å². The van der Waals surface area contributed by atoms with Gasteiger partial charge in [0.2, 0.25) is 0 Å². The molecule has 0 spiro atoms. The summed E-state index contributed by atoms with van der Waals surface area (Å²) in [4.78, 5) is 0. The maximum atomic E-state index is 13.2. The van der Waals surface area contributed by atoms with Gasteiger partial charge >= 0.3 is 0 Å². The topological polar surface area (TPSA) is 47.3 Å². The van der Waals surface area contributed by atoms with Crippen LogP contribution in [-0.4, -0.2) is 25.3 Å². The summed E-state index contributed by atoms with van der Waals surface area (Å²) in [5.74, 6) is -0.358. The smallest absolute Gasteiger partial charge is 0.126 e. The highest BCUT2D eigenvalue weighted by Gasteiger charge is 2.24. The summed E-state index contributed by atoms with van der Waals surface area (Å²) in [5.41, 5.74) is 6.35. The Kier molecular flexibility index (Phi) is 4.20. The molecule has 1 aromatic rings. The lowest BCUT2D eigenvalue weighted by Gasteiger charge is -2.23. The zero-order valence-electron chi connectivity index (χ0n) is 9.46. The first-order chi connectivity index (χ1) is 8.19. The molecule has 3 nitrogen and oxygen atoms in total. The molecule has 0 aliphatic carbocycles. The second-order valence-corrected chi connectivity index (χ2v) is 4.63. The van der Waals surface area contributed by atoms with E-state index < -0.39 is 0 Å². The van der Waals surface area contributed by atoms with Gasteiger partial charge in [-0.25, -0.2) is 4.39 Å². The van der Waals surface area contributed by atoms with Crippen LogP contribution < -0.4 is 11.1 Å². The van der Waals surface area contributed by atoms with E-state index in [2.05, 4.69) is 5.32 Å². The molecule has 1 saturated heterocycles. The molecule has 2 rings (SSSR count). The largest absolute Gasteiger partial charge is 0.378 e. The lowest BCUT2D eigenvalue weighted by atomic mass is 10.1. The predicted octanol–water partition coefficient (Wildman–Crippen LogP) is 2.40. The number of hydrogen-bond donors (Lipinski definition) is 2. The zero-order valence-corrected chi connectivity index (χ0v) is 10.2. The summed E-state index contributed by atoms with van der Waals surface area (Å²) in [5, 5.41) is 3.55. The fraction of sp³-hybridized carbons (Fsp3) is 0.500. The maximum absolute atomic E-state index is 13.2. The van der Waals surface area contributed by atoms with Crippen molar-refractivity contribution in [2.45, 2.75) is 25.0 Å². The maximum Gasteiger partial charge on any atom is 0.126 e. The van der Waals surface area contributed by atoms with Crippen LogP contribution in [0.25, 0.3) is 0 Å². The van der Waals surface area contributed by atoms with Gasteiger partial charge in [-0.05, 0) is 31.0 Å². The number of nitrogens with two attached hydrogens (primary N) is 1. The standard InChI is InChI=1S/C12H16ClFN2O/c13-8-4-9(14)6-10(5-8)16-11(7-15)12-2-1-3-17-12/h4-6,11-12,16H,1-3,7,15H2. The molecule has 0 aromatic heterocycles. The lowest BCUT2D eigenvalue weighted by Crippen LogP contribution is -2.39. The van der Waals surface area contributed by atoms with Crippen LogP contribution in [0.1, 0.15) is 12.8 Å². The molecule has 0 saturated carbocycles. The summed E-state index contributed by atoms with van der Waals surface area (Å²) in [6.45, 7) is 1.21. The van der Waals surface area contributed by atoms with Crippen molar-refractivity contribution in [1.29, 1.82) is 0 Å². The Morgan fingerprint density at radius 1 is 1.53 bits per heavy atom. The second kappa shape index (κ2) is 5.67. The predicted molar refractivity (Wildman–Crippen MR) is 66.8 cm³/mol. The molecular formula is C12H16ClFN2O. The van der Waals surface area contributed by atoms with E-state index in [0.717, 1.165) is 19.4 Å². The quantitative estimate of drug-likeness (QED) is 0.872.